The minimum Gasteiger partial charge on any atom is -0.493 e. The molecule has 1 saturated heterocycles. The number of ether oxygens (including phenoxy) is 1. The molecule has 1 aliphatic rings. The van der Waals surface area contributed by atoms with Gasteiger partial charge < -0.3 is 9.26 Å². The number of nitrogens with zero attached hydrogens (tertiary/aromatic N) is 4. The summed E-state index contributed by atoms with van der Waals surface area (Å²) in [6, 6.07) is 22.5. The van der Waals surface area contributed by atoms with Crippen LogP contribution in [0.3, 0.4) is 0 Å². The minimum atomic E-state index is 0.466. The molecule has 0 saturated carbocycles. The predicted molar refractivity (Wildman–Crippen MR) is 132 cm³/mol. The third-order valence-corrected chi connectivity index (χ3v) is 6.34. The average Bonchev–Trinajstić information content (AvgIpc) is 3.36. The molecule has 0 amide bonds. The monoisotopic (exact) mass is 454 g/mol. The third-order valence-electron chi connectivity index (χ3n) is 6.34. The van der Waals surface area contributed by atoms with Gasteiger partial charge in [0.1, 0.15) is 11.4 Å². The van der Waals surface area contributed by atoms with Crippen LogP contribution in [0.2, 0.25) is 0 Å². The molecular weight excluding hydrogens is 424 g/mol. The van der Waals surface area contributed by atoms with E-state index in [9.17, 15) is 0 Å². The van der Waals surface area contributed by atoms with Crippen LogP contribution in [0.5, 0.6) is 5.75 Å². The standard InChI is InChI=1S/C28H30N4O2/c1-20-9-11-22(12-10-20)18-32-15-13-23(14-16-32)19-33-25-7-4-6-24(17-25)28-30-27(31-34-28)26-8-3-5-21(2)29-26/h3-12,17,23H,13-16,18-19H2,1-2H3. The fourth-order valence-electron chi connectivity index (χ4n) is 4.31. The maximum Gasteiger partial charge on any atom is 0.258 e. The summed E-state index contributed by atoms with van der Waals surface area (Å²) in [6.45, 7) is 8.05. The number of likely N-dealkylation sites (tertiary alicyclic amines) is 1. The van der Waals surface area contributed by atoms with Crippen molar-refractivity contribution in [3.63, 3.8) is 0 Å². The molecule has 0 atom stereocenters. The van der Waals surface area contributed by atoms with Gasteiger partial charge in [0.15, 0.2) is 0 Å². The number of rotatable bonds is 7. The number of benzene rings is 2. The lowest BCUT2D eigenvalue weighted by molar-refractivity contribution is 0.137. The molecule has 34 heavy (non-hydrogen) atoms. The predicted octanol–water partition coefficient (Wildman–Crippen LogP) is 5.71. The van der Waals surface area contributed by atoms with Crippen molar-refractivity contribution in [1.82, 2.24) is 20.0 Å². The van der Waals surface area contributed by atoms with E-state index in [4.69, 9.17) is 9.26 Å². The molecule has 174 valence electrons. The highest BCUT2D eigenvalue weighted by Gasteiger charge is 2.20. The van der Waals surface area contributed by atoms with Gasteiger partial charge in [-0.05, 0) is 81.6 Å². The fraction of sp³-hybridized carbons (Fsp3) is 0.321. The Bertz CT molecular complexity index is 1230. The first-order valence-electron chi connectivity index (χ1n) is 11.9. The SMILES string of the molecule is Cc1ccc(CN2CCC(COc3cccc(-c4nc(-c5cccc(C)n5)no4)c3)CC2)cc1. The van der Waals surface area contributed by atoms with E-state index in [0.29, 0.717) is 23.3 Å². The maximum absolute atomic E-state index is 6.16. The van der Waals surface area contributed by atoms with Gasteiger partial charge in [-0.2, -0.15) is 4.98 Å². The molecule has 0 radical (unpaired) electrons. The van der Waals surface area contributed by atoms with E-state index in [1.807, 2.05) is 49.4 Å². The van der Waals surface area contributed by atoms with E-state index in [0.717, 1.165) is 56.1 Å². The van der Waals surface area contributed by atoms with Gasteiger partial charge in [-0.15, -0.1) is 0 Å². The number of hydrogen-bond donors (Lipinski definition) is 0. The summed E-state index contributed by atoms with van der Waals surface area (Å²) in [5.74, 6) is 2.35. The topological polar surface area (TPSA) is 64.3 Å². The van der Waals surface area contributed by atoms with Crippen LogP contribution in [0.4, 0.5) is 0 Å². The first-order valence-corrected chi connectivity index (χ1v) is 11.9. The zero-order valence-electron chi connectivity index (χ0n) is 19.8. The average molecular weight is 455 g/mol. The highest BCUT2D eigenvalue weighted by atomic mass is 16.5. The number of aryl methyl sites for hydroxylation is 2. The summed E-state index contributed by atoms with van der Waals surface area (Å²) in [5, 5.41) is 4.10. The lowest BCUT2D eigenvalue weighted by Crippen LogP contribution is -2.35. The summed E-state index contributed by atoms with van der Waals surface area (Å²) in [4.78, 5) is 11.5. The number of hydrogen-bond acceptors (Lipinski definition) is 6. The van der Waals surface area contributed by atoms with E-state index >= 15 is 0 Å². The lowest BCUT2D eigenvalue weighted by Gasteiger charge is -2.31. The van der Waals surface area contributed by atoms with Gasteiger partial charge in [0.05, 0.1) is 6.61 Å². The second kappa shape index (κ2) is 10.2. The van der Waals surface area contributed by atoms with E-state index in [2.05, 4.69) is 51.2 Å². The molecule has 0 aliphatic carbocycles. The fourth-order valence-corrected chi connectivity index (χ4v) is 4.31. The largest absolute Gasteiger partial charge is 0.493 e. The van der Waals surface area contributed by atoms with Crippen LogP contribution in [0.1, 0.15) is 29.7 Å². The Balaban J connectivity index is 1.14. The zero-order valence-corrected chi connectivity index (χ0v) is 19.8. The molecule has 3 heterocycles. The van der Waals surface area contributed by atoms with Crippen LogP contribution in [-0.2, 0) is 6.54 Å². The molecule has 0 unspecified atom stereocenters. The zero-order chi connectivity index (χ0) is 23.3. The van der Waals surface area contributed by atoms with E-state index in [1.54, 1.807) is 0 Å². The Hall–Kier alpha value is -3.51. The molecule has 2 aromatic carbocycles. The molecule has 6 heteroatoms. The highest BCUT2D eigenvalue weighted by Crippen LogP contribution is 2.26. The molecule has 5 rings (SSSR count). The van der Waals surface area contributed by atoms with Gasteiger partial charge in [0.25, 0.3) is 5.89 Å². The Morgan fingerprint density at radius 2 is 1.74 bits per heavy atom. The molecule has 0 bridgehead atoms. The van der Waals surface area contributed by atoms with Gasteiger partial charge in [-0.3, -0.25) is 4.90 Å². The van der Waals surface area contributed by atoms with Crippen molar-refractivity contribution in [2.75, 3.05) is 19.7 Å². The summed E-state index contributed by atoms with van der Waals surface area (Å²) in [5.41, 5.74) is 5.17. The number of aromatic nitrogens is 3. The summed E-state index contributed by atoms with van der Waals surface area (Å²) in [7, 11) is 0. The van der Waals surface area contributed by atoms with Crippen LogP contribution < -0.4 is 4.74 Å². The molecule has 2 aromatic heterocycles. The first-order chi connectivity index (χ1) is 16.6. The van der Waals surface area contributed by atoms with Crippen LogP contribution in [0.15, 0.2) is 71.3 Å². The van der Waals surface area contributed by atoms with E-state index in [-0.39, 0.29) is 0 Å². The maximum atomic E-state index is 6.16. The summed E-state index contributed by atoms with van der Waals surface area (Å²) < 4.78 is 11.7. The lowest BCUT2D eigenvalue weighted by atomic mass is 9.97. The van der Waals surface area contributed by atoms with E-state index < -0.39 is 0 Å². The van der Waals surface area contributed by atoms with Crippen LogP contribution >= 0.6 is 0 Å². The Morgan fingerprint density at radius 3 is 2.53 bits per heavy atom. The van der Waals surface area contributed by atoms with Crippen LogP contribution in [-0.4, -0.2) is 39.7 Å². The van der Waals surface area contributed by atoms with Crippen molar-refractivity contribution >= 4 is 0 Å². The van der Waals surface area contributed by atoms with Crippen molar-refractivity contribution in [3.8, 4) is 28.7 Å². The summed E-state index contributed by atoms with van der Waals surface area (Å²) in [6.07, 6.45) is 2.31. The Labute approximate surface area is 200 Å². The molecule has 1 aliphatic heterocycles. The normalized spacial score (nSPS) is 14.9. The number of pyridine rings is 1. The second-order valence-corrected chi connectivity index (χ2v) is 9.13. The van der Waals surface area contributed by atoms with Crippen molar-refractivity contribution in [2.45, 2.75) is 33.2 Å². The second-order valence-electron chi connectivity index (χ2n) is 9.13. The highest BCUT2D eigenvalue weighted by molar-refractivity contribution is 5.59. The molecule has 4 aromatic rings. The minimum absolute atomic E-state index is 0.466. The van der Waals surface area contributed by atoms with Crippen molar-refractivity contribution in [2.24, 2.45) is 5.92 Å². The van der Waals surface area contributed by atoms with E-state index in [1.165, 1.54) is 11.1 Å². The Kier molecular flexibility index (Phi) is 6.67. The van der Waals surface area contributed by atoms with Gasteiger partial charge in [0, 0.05) is 17.8 Å². The van der Waals surface area contributed by atoms with Gasteiger partial charge in [-0.1, -0.05) is 47.1 Å². The van der Waals surface area contributed by atoms with Crippen molar-refractivity contribution < 1.29 is 9.26 Å². The van der Waals surface area contributed by atoms with Crippen LogP contribution in [0.25, 0.3) is 23.0 Å². The van der Waals surface area contributed by atoms with Gasteiger partial charge >= 0.3 is 0 Å². The molecule has 0 N–H and O–H groups in total. The summed E-state index contributed by atoms with van der Waals surface area (Å²) >= 11 is 0. The van der Waals surface area contributed by atoms with Crippen molar-refractivity contribution in [3.05, 3.63) is 83.6 Å². The smallest absolute Gasteiger partial charge is 0.258 e. The Morgan fingerprint density at radius 1 is 0.941 bits per heavy atom. The molecule has 1 fully saturated rings. The number of piperidine rings is 1. The van der Waals surface area contributed by atoms with Gasteiger partial charge in [0.2, 0.25) is 5.82 Å². The van der Waals surface area contributed by atoms with Crippen LogP contribution in [0, 0.1) is 19.8 Å². The first kappa shape index (κ1) is 22.3. The quantitative estimate of drug-likeness (QED) is 0.357. The molecular formula is C28H30N4O2. The molecule has 0 spiro atoms. The van der Waals surface area contributed by atoms with Crippen molar-refractivity contribution in [1.29, 1.82) is 0 Å². The molecule has 6 nitrogen and oxygen atoms in total. The van der Waals surface area contributed by atoms with Gasteiger partial charge in [-0.25, -0.2) is 4.98 Å². The third kappa shape index (κ3) is 5.51.